The van der Waals surface area contributed by atoms with Gasteiger partial charge in [-0.2, -0.15) is 4.98 Å². The lowest BCUT2D eigenvalue weighted by atomic mass is 9.94. The SMILES string of the molecule is Cc1cc(Nc2ccc(F)cc2C)nc(N2CCc3ccccc3C2C)n1. The second-order valence-corrected chi connectivity index (χ2v) is 7.10. The molecule has 0 amide bonds. The van der Waals surface area contributed by atoms with E-state index in [0.717, 1.165) is 41.7 Å². The van der Waals surface area contributed by atoms with Crippen molar-refractivity contribution in [1.29, 1.82) is 0 Å². The molecule has 4 rings (SSSR count). The van der Waals surface area contributed by atoms with Crippen molar-refractivity contribution in [3.63, 3.8) is 0 Å². The largest absolute Gasteiger partial charge is 0.340 e. The molecule has 0 saturated carbocycles. The highest BCUT2D eigenvalue weighted by Crippen LogP contribution is 2.32. The molecule has 3 aromatic rings. The Morgan fingerprint density at radius 1 is 1.07 bits per heavy atom. The number of hydrogen-bond acceptors (Lipinski definition) is 4. The summed E-state index contributed by atoms with van der Waals surface area (Å²) >= 11 is 0. The third kappa shape index (κ3) is 3.50. The van der Waals surface area contributed by atoms with E-state index in [2.05, 4.69) is 46.4 Å². The van der Waals surface area contributed by atoms with E-state index >= 15 is 0 Å². The number of hydrogen-bond donors (Lipinski definition) is 1. The number of nitrogens with one attached hydrogen (secondary N) is 1. The van der Waals surface area contributed by atoms with Crippen molar-refractivity contribution in [2.75, 3.05) is 16.8 Å². The highest BCUT2D eigenvalue weighted by atomic mass is 19.1. The number of benzene rings is 2. The molecule has 1 aliphatic rings. The van der Waals surface area contributed by atoms with Gasteiger partial charge in [-0.15, -0.1) is 0 Å². The number of fused-ring (bicyclic) bond motifs is 1. The summed E-state index contributed by atoms with van der Waals surface area (Å²) in [5.74, 6) is 1.20. The summed E-state index contributed by atoms with van der Waals surface area (Å²) in [4.78, 5) is 11.7. The van der Waals surface area contributed by atoms with Crippen LogP contribution in [0.3, 0.4) is 0 Å². The standard InChI is InChI=1S/C22H23FN4/c1-14-12-18(23)8-9-20(14)25-21-13-15(2)24-22(26-21)27-11-10-17-6-4-5-7-19(17)16(27)3/h4-9,12-13,16H,10-11H2,1-3H3,(H,24,25,26). The fraction of sp³-hybridized carbons (Fsp3) is 0.273. The van der Waals surface area contributed by atoms with Gasteiger partial charge in [0.15, 0.2) is 0 Å². The zero-order valence-corrected chi connectivity index (χ0v) is 15.8. The van der Waals surface area contributed by atoms with Crippen LogP contribution in [0.2, 0.25) is 0 Å². The highest BCUT2D eigenvalue weighted by Gasteiger charge is 2.25. The Hall–Kier alpha value is -2.95. The van der Waals surface area contributed by atoms with Crippen LogP contribution >= 0.6 is 0 Å². The van der Waals surface area contributed by atoms with Crippen LogP contribution in [0.25, 0.3) is 0 Å². The number of halogens is 1. The highest BCUT2D eigenvalue weighted by molar-refractivity contribution is 5.61. The topological polar surface area (TPSA) is 41.1 Å². The predicted molar refractivity (Wildman–Crippen MR) is 107 cm³/mol. The molecule has 1 N–H and O–H groups in total. The van der Waals surface area contributed by atoms with E-state index in [1.165, 1.54) is 23.3 Å². The molecule has 0 radical (unpaired) electrons. The summed E-state index contributed by atoms with van der Waals surface area (Å²) in [6.07, 6.45) is 0.984. The van der Waals surface area contributed by atoms with Crippen LogP contribution in [0.4, 0.5) is 21.8 Å². The third-order valence-electron chi connectivity index (χ3n) is 5.15. The minimum Gasteiger partial charge on any atom is -0.340 e. The van der Waals surface area contributed by atoms with Crippen molar-refractivity contribution in [3.8, 4) is 0 Å². The second-order valence-electron chi connectivity index (χ2n) is 7.10. The first-order chi connectivity index (χ1) is 13.0. The van der Waals surface area contributed by atoms with Crippen LogP contribution < -0.4 is 10.2 Å². The first kappa shape index (κ1) is 17.5. The Bertz CT molecular complexity index is 986. The summed E-state index contributed by atoms with van der Waals surface area (Å²) in [6.45, 7) is 6.93. The van der Waals surface area contributed by atoms with Crippen LogP contribution in [0.15, 0.2) is 48.5 Å². The minimum absolute atomic E-state index is 0.220. The van der Waals surface area contributed by atoms with Gasteiger partial charge in [-0.1, -0.05) is 24.3 Å². The molecule has 2 heterocycles. The quantitative estimate of drug-likeness (QED) is 0.704. The van der Waals surface area contributed by atoms with E-state index in [9.17, 15) is 4.39 Å². The van der Waals surface area contributed by atoms with E-state index in [4.69, 9.17) is 4.98 Å². The second kappa shape index (κ2) is 6.99. The zero-order chi connectivity index (χ0) is 19.0. The maximum atomic E-state index is 13.4. The molecule has 1 unspecified atom stereocenters. The summed E-state index contributed by atoms with van der Waals surface area (Å²) < 4.78 is 13.4. The lowest BCUT2D eigenvalue weighted by molar-refractivity contribution is 0.607. The maximum absolute atomic E-state index is 13.4. The fourth-order valence-electron chi connectivity index (χ4n) is 3.70. The van der Waals surface area contributed by atoms with E-state index in [0.29, 0.717) is 0 Å². The summed E-state index contributed by atoms with van der Waals surface area (Å²) in [5.41, 5.74) is 5.31. The minimum atomic E-state index is -0.238. The van der Waals surface area contributed by atoms with Gasteiger partial charge < -0.3 is 10.2 Å². The van der Waals surface area contributed by atoms with E-state index < -0.39 is 0 Å². The van der Waals surface area contributed by atoms with Crippen molar-refractivity contribution < 1.29 is 4.39 Å². The van der Waals surface area contributed by atoms with Crippen molar-refractivity contribution in [2.24, 2.45) is 0 Å². The molecule has 0 bridgehead atoms. The molecule has 1 atom stereocenters. The summed E-state index contributed by atoms with van der Waals surface area (Å²) in [5, 5.41) is 3.31. The lowest BCUT2D eigenvalue weighted by Gasteiger charge is -2.35. The average molecular weight is 362 g/mol. The third-order valence-corrected chi connectivity index (χ3v) is 5.15. The van der Waals surface area contributed by atoms with Crippen LogP contribution in [-0.2, 0) is 6.42 Å². The number of nitrogens with zero attached hydrogens (tertiary/aromatic N) is 3. The number of aromatic nitrogens is 2. The van der Waals surface area contributed by atoms with Gasteiger partial charge in [0.2, 0.25) is 5.95 Å². The van der Waals surface area contributed by atoms with Gasteiger partial charge in [0, 0.05) is 24.0 Å². The van der Waals surface area contributed by atoms with Gasteiger partial charge in [0.1, 0.15) is 11.6 Å². The molecule has 1 aromatic heterocycles. The maximum Gasteiger partial charge on any atom is 0.228 e. The van der Waals surface area contributed by atoms with Crippen molar-refractivity contribution in [2.45, 2.75) is 33.2 Å². The number of rotatable bonds is 3. The fourth-order valence-corrected chi connectivity index (χ4v) is 3.70. The normalized spacial score (nSPS) is 16.1. The Labute approximate surface area is 159 Å². The summed E-state index contributed by atoms with van der Waals surface area (Å²) in [7, 11) is 0. The summed E-state index contributed by atoms with van der Waals surface area (Å²) in [6, 6.07) is 15.4. The first-order valence-electron chi connectivity index (χ1n) is 9.24. The predicted octanol–water partition coefficient (Wildman–Crippen LogP) is 5.10. The molecule has 5 heteroatoms. The zero-order valence-electron chi connectivity index (χ0n) is 15.8. The Morgan fingerprint density at radius 2 is 1.89 bits per heavy atom. The molecular formula is C22H23FN4. The molecule has 0 aliphatic carbocycles. The van der Waals surface area contributed by atoms with E-state index in [1.807, 2.05) is 19.9 Å². The van der Waals surface area contributed by atoms with Crippen molar-refractivity contribution in [1.82, 2.24) is 9.97 Å². The van der Waals surface area contributed by atoms with Gasteiger partial charge >= 0.3 is 0 Å². The monoisotopic (exact) mass is 362 g/mol. The molecule has 0 fully saturated rings. The van der Waals surface area contributed by atoms with Crippen LogP contribution in [0, 0.1) is 19.7 Å². The Morgan fingerprint density at radius 3 is 2.70 bits per heavy atom. The smallest absolute Gasteiger partial charge is 0.228 e. The van der Waals surface area contributed by atoms with Gasteiger partial charge in [-0.25, -0.2) is 9.37 Å². The van der Waals surface area contributed by atoms with Gasteiger partial charge in [0.25, 0.3) is 0 Å². The van der Waals surface area contributed by atoms with E-state index in [1.54, 1.807) is 6.07 Å². The van der Waals surface area contributed by atoms with Crippen LogP contribution in [0.5, 0.6) is 0 Å². The molecular weight excluding hydrogens is 339 g/mol. The first-order valence-corrected chi connectivity index (χ1v) is 9.24. The van der Waals surface area contributed by atoms with Gasteiger partial charge in [-0.05, 0) is 62.1 Å². The molecule has 4 nitrogen and oxygen atoms in total. The van der Waals surface area contributed by atoms with E-state index in [-0.39, 0.29) is 11.9 Å². The molecule has 1 aliphatic heterocycles. The van der Waals surface area contributed by atoms with Crippen LogP contribution in [0.1, 0.15) is 35.3 Å². The van der Waals surface area contributed by atoms with Gasteiger partial charge in [0.05, 0.1) is 6.04 Å². The molecule has 0 saturated heterocycles. The number of anilines is 3. The molecule has 138 valence electrons. The molecule has 0 spiro atoms. The van der Waals surface area contributed by atoms with Crippen molar-refractivity contribution in [3.05, 3.63) is 76.7 Å². The average Bonchev–Trinajstić information content (AvgIpc) is 2.64. The Balaban J connectivity index is 1.65. The number of aryl methyl sites for hydroxylation is 2. The van der Waals surface area contributed by atoms with Crippen molar-refractivity contribution >= 4 is 17.5 Å². The Kier molecular flexibility index (Phi) is 4.52. The lowest BCUT2D eigenvalue weighted by Crippen LogP contribution is -2.35. The van der Waals surface area contributed by atoms with Crippen LogP contribution in [-0.4, -0.2) is 16.5 Å². The molecule has 27 heavy (non-hydrogen) atoms. The molecule has 2 aromatic carbocycles. The van der Waals surface area contributed by atoms with Gasteiger partial charge in [-0.3, -0.25) is 0 Å².